The minimum atomic E-state index is -4.41. The van der Waals surface area contributed by atoms with Gasteiger partial charge >= 0.3 is 6.18 Å². The fourth-order valence-corrected chi connectivity index (χ4v) is 2.89. The largest absolute Gasteiger partial charge is 0.424 e. The van der Waals surface area contributed by atoms with E-state index in [2.05, 4.69) is 10.3 Å². The number of para-hydroxylation sites is 2. The molecule has 124 valence electrons. The number of hydrogen-bond donors (Lipinski definition) is 1. The average Bonchev–Trinajstić information content (AvgIpc) is 2.88. The molecule has 23 heavy (non-hydrogen) atoms. The van der Waals surface area contributed by atoms with Crippen molar-refractivity contribution in [3.8, 4) is 0 Å². The predicted octanol–water partition coefficient (Wildman–Crippen LogP) is 3.18. The summed E-state index contributed by atoms with van der Waals surface area (Å²) in [5.41, 5.74) is 1.27. The van der Waals surface area contributed by atoms with E-state index >= 15 is 0 Å². The van der Waals surface area contributed by atoms with Crippen molar-refractivity contribution in [2.75, 3.05) is 11.9 Å². The molecular formula is C15H16F3N3O2. The van der Waals surface area contributed by atoms with E-state index in [1.165, 1.54) is 0 Å². The number of amides is 1. The Kier molecular flexibility index (Phi) is 3.91. The third-order valence-corrected chi connectivity index (χ3v) is 3.99. The molecule has 2 atom stereocenters. The van der Waals surface area contributed by atoms with Gasteiger partial charge in [-0.25, -0.2) is 0 Å². The number of carbonyl (C=O) groups is 1. The molecule has 1 aromatic carbocycles. The van der Waals surface area contributed by atoms with Crippen molar-refractivity contribution in [2.45, 2.75) is 38.0 Å². The number of aromatic nitrogens is 1. The number of piperidine rings is 1. The van der Waals surface area contributed by atoms with E-state index in [1.54, 1.807) is 12.1 Å². The zero-order valence-corrected chi connectivity index (χ0v) is 12.4. The van der Waals surface area contributed by atoms with Gasteiger partial charge in [0.1, 0.15) is 11.6 Å². The van der Waals surface area contributed by atoms with Gasteiger partial charge in [0.05, 0.1) is 0 Å². The third-order valence-electron chi connectivity index (χ3n) is 3.99. The predicted molar refractivity (Wildman–Crippen MR) is 77.9 cm³/mol. The second kappa shape index (κ2) is 5.75. The molecule has 2 aromatic rings. The van der Waals surface area contributed by atoms with Gasteiger partial charge in [0.25, 0.3) is 6.01 Å². The van der Waals surface area contributed by atoms with Gasteiger partial charge in [-0.3, -0.25) is 4.79 Å². The Bertz CT molecular complexity index is 680. The van der Waals surface area contributed by atoms with Gasteiger partial charge in [0, 0.05) is 19.5 Å². The second-order valence-corrected chi connectivity index (χ2v) is 5.63. The molecule has 1 aliphatic heterocycles. The standard InChI is InChI=1S/C15H16F3N3O2/c1-9(22)21-8-10(6-7-13(21)15(16,17)18)19-14-20-11-4-2-3-5-12(11)23-14/h2-5,10,13H,6-8H2,1H3,(H,19,20)/t10-,13-/m0/s1. The lowest BCUT2D eigenvalue weighted by Crippen LogP contribution is -2.55. The van der Waals surface area contributed by atoms with Gasteiger partial charge in [0.15, 0.2) is 5.58 Å². The quantitative estimate of drug-likeness (QED) is 0.920. The van der Waals surface area contributed by atoms with Gasteiger partial charge in [-0.05, 0) is 25.0 Å². The molecule has 1 aromatic heterocycles. The molecule has 0 aliphatic carbocycles. The fraction of sp³-hybridized carbons (Fsp3) is 0.467. The molecule has 0 saturated carbocycles. The Hall–Kier alpha value is -2.25. The fourth-order valence-electron chi connectivity index (χ4n) is 2.89. The van der Waals surface area contributed by atoms with E-state index in [1.807, 2.05) is 12.1 Å². The van der Waals surface area contributed by atoms with Gasteiger partial charge in [-0.15, -0.1) is 0 Å². The van der Waals surface area contributed by atoms with E-state index < -0.39 is 18.1 Å². The molecule has 0 bridgehead atoms. The highest BCUT2D eigenvalue weighted by Crippen LogP contribution is 2.33. The van der Waals surface area contributed by atoms with E-state index in [-0.39, 0.29) is 31.4 Å². The highest BCUT2D eigenvalue weighted by atomic mass is 19.4. The van der Waals surface area contributed by atoms with Gasteiger partial charge in [0.2, 0.25) is 5.91 Å². The van der Waals surface area contributed by atoms with E-state index in [4.69, 9.17) is 4.42 Å². The summed E-state index contributed by atoms with van der Waals surface area (Å²) < 4.78 is 44.5. The highest BCUT2D eigenvalue weighted by Gasteiger charge is 2.47. The minimum absolute atomic E-state index is 0.0295. The molecule has 0 spiro atoms. The Morgan fingerprint density at radius 1 is 1.35 bits per heavy atom. The second-order valence-electron chi connectivity index (χ2n) is 5.63. The van der Waals surface area contributed by atoms with Crippen molar-refractivity contribution < 1.29 is 22.4 Å². The number of anilines is 1. The summed E-state index contributed by atoms with van der Waals surface area (Å²) in [5, 5.41) is 2.99. The van der Waals surface area contributed by atoms with Crippen LogP contribution in [0.1, 0.15) is 19.8 Å². The summed E-state index contributed by atoms with van der Waals surface area (Å²) in [6, 6.07) is 5.38. The van der Waals surface area contributed by atoms with Crippen LogP contribution in [0.25, 0.3) is 11.1 Å². The van der Waals surface area contributed by atoms with Crippen molar-refractivity contribution in [1.29, 1.82) is 0 Å². The van der Waals surface area contributed by atoms with Crippen molar-refractivity contribution in [2.24, 2.45) is 0 Å². The van der Waals surface area contributed by atoms with Crippen molar-refractivity contribution >= 4 is 23.0 Å². The SMILES string of the molecule is CC(=O)N1C[C@@H](Nc2nc3ccccc3o2)CC[C@H]1C(F)(F)F. The maximum atomic E-state index is 13.0. The molecule has 5 nitrogen and oxygen atoms in total. The molecular weight excluding hydrogens is 311 g/mol. The monoisotopic (exact) mass is 327 g/mol. The zero-order chi connectivity index (χ0) is 16.6. The van der Waals surface area contributed by atoms with Crippen LogP contribution in [0.4, 0.5) is 19.2 Å². The lowest BCUT2D eigenvalue weighted by Gasteiger charge is -2.39. The molecule has 1 saturated heterocycles. The Labute approximate surface area is 130 Å². The number of likely N-dealkylation sites (tertiary alicyclic amines) is 1. The zero-order valence-electron chi connectivity index (χ0n) is 12.4. The first-order valence-corrected chi connectivity index (χ1v) is 7.30. The van der Waals surface area contributed by atoms with Gasteiger partial charge in [-0.2, -0.15) is 18.2 Å². The molecule has 3 rings (SSSR count). The van der Waals surface area contributed by atoms with E-state index in [0.29, 0.717) is 11.1 Å². The molecule has 1 N–H and O–H groups in total. The van der Waals surface area contributed by atoms with Gasteiger partial charge < -0.3 is 14.6 Å². The lowest BCUT2D eigenvalue weighted by molar-refractivity contribution is -0.195. The smallest absolute Gasteiger partial charge is 0.408 e. The summed E-state index contributed by atoms with van der Waals surface area (Å²) in [6.45, 7) is 1.12. The number of hydrogen-bond acceptors (Lipinski definition) is 4. The maximum Gasteiger partial charge on any atom is 0.408 e. The van der Waals surface area contributed by atoms with Crippen LogP contribution >= 0.6 is 0 Å². The summed E-state index contributed by atoms with van der Waals surface area (Å²) in [4.78, 5) is 16.7. The first-order chi connectivity index (χ1) is 10.8. The Morgan fingerprint density at radius 3 is 2.74 bits per heavy atom. The van der Waals surface area contributed by atoms with Crippen molar-refractivity contribution in [1.82, 2.24) is 9.88 Å². The highest BCUT2D eigenvalue weighted by molar-refractivity contribution is 5.75. The number of benzene rings is 1. The average molecular weight is 327 g/mol. The lowest BCUT2D eigenvalue weighted by atomic mass is 9.97. The van der Waals surface area contributed by atoms with E-state index in [0.717, 1.165) is 11.8 Å². The number of rotatable bonds is 2. The number of nitrogens with one attached hydrogen (secondary N) is 1. The first-order valence-electron chi connectivity index (χ1n) is 7.30. The van der Waals surface area contributed by atoms with Crippen LogP contribution in [0, 0.1) is 0 Å². The van der Waals surface area contributed by atoms with Gasteiger partial charge in [-0.1, -0.05) is 12.1 Å². The van der Waals surface area contributed by atoms with E-state index in [9.17, 15) is 18.0 Å². The van der Waals surface area contributed by atoms with Crippen LogP contribution in [-0.2, 0) is 4.79 Å². The summed E-state index contributed by atoms with van der Waals surface area (Å²) in [6.07, 6.45) is -4.26. The molecule has 0 radical (unpaired) electrons. The summed E-state index contributed by atoms with van der Waals surface area (Å²) in [5.74, 6) is -0.587. The van der Waals surface area contributed by atoms with Crippen LogP contribution in [0.5, 0.6) is 0 Å². The number of nitrogens with zero attached hydrogens (tertiary/aromatic N) is 2. The third kappa shape index (κ3) is 3.25. The van der Waals surface area contributed by atoms with Crippen LogP contribution in [0.15, 0.2) is 28.7 Å². The number of alkyl halides is 3. The molecule has 8 heteroatoms. The van der Waals surface area contributed by atoms with Crippen LogP contribution in [-0.4, -0.2) is 40.6 Å². The van der Waals surface area contributed by atoms with Crippen LogP contribution in [0.2, 0.25) is 0 Å². The number of carbonyl (C=O) groups excluding carboxylic acids is 1. The minimum Gasteiger partial charge on any atom is -0.424 e. The Balaban J connectivity index is 1.73. The number of fused-ring (bicyclic) bond motifs is 1. The van der Waals surface area contributed by atoms with Crippen LogP contribution < -0.4 is 5.32 Å². The number of oxazole rings is 1. The molecule has 1 aliphatic rings. The van der Waals surface area contributed by atoms with Crippen molar-refractivity contribution in [3.05, 3.63) is 24.3 Å². The van der Waals surface area contributed by atoms with Crippen LogP contribution in [0.3, 0.4) is 0 Å². The van der Waals surface area contributed by atoms with Crippen molar-refractivity contribution in [3.63, 3.8) is 0 Å². The number of halogens is 3. The maximum absolute atomic E-state index is 13.0. The first kappa shape index (κ1) is 15.6. The normalized spacial score (nSPS) is 22.3. The topological polar surface area (TPSA) is 58.4 Å². The summed E-state index contributed by atoms with van der Waals surface area (Å²) in [7, 11) is 0. The Morgan fingerprint density at radius 2 is 2.09 bits per heavy atom. The molecule has 1 fully saturated rings. The molecule has 2 heterocycles. The molecule has 1 amide bonds. The summed E-state index contributed by atoms with van der Waals surface area (Å²) >= 11 is 0. The molecule has 0 unspecified atom stereocenters.